The van der Waals surface area contributed by atoms with Gasteiger partial charge in [-0.25, -0.2) is 0 Å². The van der Waals surface area contributed by atoms with E-state index in [1.165, 1.54) is 45.2 Å². The topological polar surface area (TPSA) is 23.5 Å². The maximum absolute atomic E-state index is 11.4. The number of likely N-dealkylation sites (tertiary alicyclic amines) is 1. The van der Waals surface area contributed by atoms with Crippen LogP contribution in [0.15, 0.2) is 30.3 Å². The molecule has 2 nitrogen and oxygen atoms in total. The van der Waals surface area contributed by atoms with Crippen molar-refractivity contribution in [2.75, 3.05) is 19.6 Å². The molecule has 0 spiro atoms. The lowest BCUT2D eigenvalue weighted by atomic mass is 9.78. The van der Waals surface area contributed by atoms with E-state index in [9.17, 15) is 5.11 Å². The van der Waals surface area contributed by atoms with Crippen molar-refractivity contribution in [3.63, 3.8) is 0 Å². The van der Waals surface area contributed by atoms with E-state index in [1.807, 2.05) is 18.2 Å². The van der Waals surface area contributed by atoms with E-state index in [2.05, 4.69) is 28.9 Å². The maximum atomic E-state index is 11.4. The average molecular weight is 311 g/mol. The Morgan fingerprint density at radius 1 is 0.957 bits per heavy atom. The summed E-state index contributed by atoms with van der Waals surface area (Å²) in [6.45, 7) is 3.22. The fraction of sp³-hybridized carbons (Fsp3) is 0.619. The number of benzene rings is 1. The van der Waals surface area contributed by atoms with E-state index < -0.39 is 5.60 Å². The molecule has 2 aliphatic rings. The highest BCUT2D eigenvalue weighted by Gasteiger charge is 2.39. The van der Waals surface area contributed by atoms with Crippen LogP contribution < -0.4 is 0 Å². The molecule has 2 fully saturated rings. The number of hydrogen-bond donors (Lipinski definition) is 1. The van der Waals surface area contributed by atoms with Crippen molar-refractivity contribution in [2.45, 2.75) is 57.0 Å². The second-order valence-corrected chi connectivity index (χ2v) is 7.14. The zero-order valence-corrected chi connectivity index (χ0v) is 14.1. The summed E-state index contributed by atoms with van der Waals surface area (Å²) < 4.78 is 0. The third kappa shape index (κ3) is 4.16. The summed E-state index contributed by atoms with van der Waals surface area (Å²) in [5.41, 5.74) is 0.270. The number of rotatable bonds is 4. The highest BCUT2D eigenvalue weighted by atomic mass is 16.3. The Hall–Kier alpha value is -1.30. The predicted octanol–water partition coefficient (Wildman–Crippen LogP) is 3.94. The molecule has 1 aromatic carbocycles. The van der Waals surface area contributed by atoms with Crippen LogP contribution in [0.1, 0.15) is 56.9 Å². The van der Waals surface area contributed by atoms with Gasteiger partial charge in [-0.1, -0.05) is 61.4 Å². The first kappa shape index (κ1) is 16.6. The minimum Gasteiger partial charge on any atom is -0.384 e. The smallest absolute Gasteiger partial charge is 0.103 e. The molecular formula is C21H29NO. The lowest BCUT2D eigenvalue weighted by Gasteiger charge is -2.33. The molecule has 1 aromatic rings. The molecule has 0 amide bonds. The zero-order chi connectivity index (χ0) is 16.0. The van der Waals surface area contributed by atoms with Crippen molar-refractivity contribution >= 4 is 0 Å². The predicted molar refractivity (Wildman–Crippen MR) is 95.0 cm³/mol. The van der Waals surface area contributed by atoms with Crippen LogP contribution in [-0.2, 0) is 5.60 Å². The standard InChI is InChI=1S/C21H29NO/c23-21(20-13-5-6-14-20,19-11-3-1-4-12-19)15-7-10-18-22-16-8-2-9-17-22/h1,3-4,11-12,20,23H,2,5-6,8-9,13-18H2. The summed E-state index contributed by atoms with van der Waals surface area (Å²) >= 11 is 0. The third-order valence-electron chi connectivity index (χ3n) is 5.54. The highest BCUT2D eigenvalue weighted by molar-refractivity contribution is 5.26. The van der Waals surface area contributed by atoms with Gasteiger partial charge in [0.05, 0.1) is 6.54 Å². The van der Waals surface area contributed by atoms with Gasteiger partial charge < -0.3 is 5.11 Å². The molecule has 0 radical (unpaired) electrons. The number of aliphatic hydroxyl groups is 1. The van der Waals surface area contributed by atoms with E-state index in [4.69, 9.17) is 0 Å². The van der Waals surface area contributed by atoms with Crippen molar-refractivity contribution in [2.24, 2.45) is 5.92 Å². The van der Waals surface area contributed by atoms with Gasteiger partial charge in [0, 0.05) is 6.42 Å². The van der Waals surface area contributed by atoms with Crippen molar-refractivity contribution in [3.8, 4) is 11.8 Å². The minimum atomic E-state index is -0.771. The van der Waals surface area contributed by atoms with Crippen molar-refractivity contribution in [1.29, 1.82) is 0 Å². The maximum Gasteiger partial charge on any atom is 0.103 e. The summed E-state index contributed by atoms with van der Waals surface area (Å²) in [5.74, 6) is 6.98. The normalized spacial score (nSPS) is 22.3. The van der Waals surface area contributed by atoms with Gasteiger partial charge in [-0.15, -0.1) is 0 Å². The Balaban J connectivity index is 1.67. The van der Waals surface area contributed by atoms with Crippen LogP contribution in [0.2, 0.25) is 0 Å². The first-order valence-electron chi connectivity index (χ1n) is 9.25. The third-order valence-corrected chi connectivity index (χ3v) is 5.54. The van der Waals surface area contributed by atoms with Gasteiger partial charge in [0.25, 0.3) is 0 Å². The van der Waals surface area contributed by atoms with Gasteiger partial charge in [0.1, 0.15) is 5.60 Å². The Morgan fingerprint density at radius 2 is 1.65 bits per heavy atom. The molecule has 1 atom stereocenters. The van der Waals surface area contributed by atoms with Crippen LogP contribution in [0.25, 0.3) is 0 Å². The summed E-state index contributed by atoms with van der Waals surface area (Å²) in [6, 6.07) is 10.2. The van der Waals surface area contributed by atoms with Gasteiger partial charge in [-0.3, -0.25) is 4.90 Å². The second kappa shape index (κ2) is 7.99. The Kier molecular flexibility index (Phi) is 5.75. The van der Waals surface area contributed by atoms with Crippen LogP contribution in [0.3, 0.4) is 0 Å². The van der Waals surface area contributed by atoms with Gasteiger partial charge in [0.15, 0.2) is 0 Å². The van der Waals surface area contributed by atoms with Crippen LogP contribution >= 0.6 is 0 Å². The fourth-order valence-electron chi connectivity index (χ4n) is 4.09. The average Bonchev–Trinajstić information content (AvgIpc) is 3.15. The molecule has 1 saturated carbocycles. The molecule has 23 heavy (non-hydrogen) atoms. The molecule has 1 saturated heterocycles. The number of piperidine rings is 1. The molecular weight excluding hydrogens is 282 g/mol. The Labute approximate surface area is 140 Å². The SMILES string of the molecule is OC(CC#CCN1CCCCC1)(c1ccccc1)C1CCCC1. The molecule has 1 aliphatic carbocycles. The summed E-state index contributed by atoms with van der Waals surface area (Å²) in [6.07, 6.45) is 9.25. The molecule has 1 aliphatic heterocycles. The number of nitrogens with zero attached hydrogens (tertiary/aromatic N) is 1. The summed E-state index contributed by atoms with van der Waals surface area (Å²) in [7, 11) is 0. The first-order valence-corrected chi connectivity index (χ1v) is 9.25. The molecule has 1 unspecified atom stereocenters. The Bertz CT molecular complexity index is 532. The van der Waals surface area contributed by atoms with E-state index in [1.54, 1.807) is 0 Å². The van der Waals surface area contributed by atoms with E-state index in [-0.39, 0.29) is 0 Å². The van der Waals surface area contributed by atoms with Gasteiger partial charge in [-0.05, 0) is 50.3 Å². The minimum absolute atomic E-state index is 0.356. The molecule has 1 N–H and O–H groups in total. The molecule has 124 valence electrons. The molecule has 0 bridgehead atoms. The first-order chi connectivity index (χ1) is 11.3. The van der Waals surface area contributed by atoms with Crippen LogP contribution in [-0.4, -0.2) is 29.6 Å². The Morgan fingerprint density at radius 3 is 2.35 bits per heavy atom. The quantitative estimate of drug-likeness (QED) is 0.851. The lowest BCUT2D eigenvalue weighted by Crippen LogP contribution is -2.33. The van der Waals surface area contributed by atoms with Crippen LogP contribution in [0.5, 0.6) is 0 Å². The van der Waals surface area contributed by atoms with Gasteiger partial charge in [0.2, 0.25) is 0 Å². The van der Waals surface area contributed by atoms with Crippen LogP contribution in [0.4, 0.5) is 0 Å². The van der Waals surface area contributed by atoms with Crippen molar-refractivity contribution in [3.05, 3.63) is 35.9 Å². The number of hydrogen-bond acceptors (Lipinski definition) is 2. The van der Waals surface area contributed by atoms with Gasteiger partial charge >= 0.3 is 0 Å². The second-order valence-electron chi connectivity index (χ2n) is 7.14. The van der Waals surface area contributed by atoms with E-state index >= 15 is 0 Å². The van der Waals surface area contributed by atoms with Gasteiger partial charge in [-0.2, -0.15) is 0 Å². The largest absolute Gasteiger partial charge is 0.384 e. The zero-order valence-electron chi connectivity index (χ0n) is 14.1. The van der Waals surface area contributed by atoms with Crippen LogP contribution in [0, 0.1) is 17.8 Å². The molecule has 2 heteroatoms. The monoisotopic (exact) mass is 311 g/mol. The highest BCUT2D eigenvalue weighted by Crippen LogP contribution is 2.42. The molecule has 3 rings (SSSR count). The summed E-state index contributed by atoms with van der Waals surface area (Å²) in [4.78, 5) is 2.44. The molecule has 0 aromatic heterocycles. The fourth-order valence-corrected chi connectivity index (χ4v) is 4.09. The molecule has 1 heterocycles. The summed E-state index contributed by atoms with van der Waals surface area (Å²) in [5, 5.41) is 11.4. The van der Waals surface area contributed by atoms with Crippen molar-refractivity contribution in [1.82, 2.24) is 4.90 Å². The van der Waals surface area contributed by atoms with Crippen molar-refractivity contribution < 1.29 is 5.11 Å². The lowest BCUT2D eigenvalue weighted by molar-refractivity contribution is -0.0173. The van der Waals surface area contributed by atoms with E-state index in [0.717, 1.165) is 24.9 Å². The van der Waals surface area contributed by atoms with E-state index in [0.29, 0.717) is 12.3 Å².